The van der Waals surface area contributed by atoms with E-state index < -0.39 is 0 Å². The minimum Gasteiger partial charge on any atom is -0.294 e. The molecule has 0 N–H and O–H groups in total. The van der Waals surface area contributed by atoms with Crippen molar-refractivity contribution in [3.05, 3.63) is 40.5 Å². The molecule has 2 amide bonds. The Balaban J connectivity index is 1.74. The highest BCUT2D eigenvalue weighted by molar-refractivity contribution is 6.33. The van der Waals surface area contributed by atoms with Crippen LogP contribution in [0.15, 0.2) is 29.3 Å². The number of anilines is 1. The third-order valence-electron chi connectivity index (χ3n) is 4.89. The largest absolute Gasteiger partial charge is 0.294 e. The summed E-state index contributed by atoms with van der Waals surface area (Å²) in [5.74, 6) is -0.272. The average molecular weight is 295 g/mol. The van der Waals surface area contributed by atoms with Gasteiger partial charge in [-0.15, -0.1) is 0 Å². The van der Waals surface area contributed by atoms with E-state index in [9.17, 15) is 14.4 Å². The zero-order chi connectivity index (χ0) is 15.3. The summed E-state index contributed by atoms with van der Waals surface area (Å²) in [6, 6.07) is 5.41. The normalized spacial score (nSPS) is 21.3. The van der Waals surface area contributed by atoms with Crippen molar-refractivity contribution in [3.8, 4) is 0 Å². The topological polar surface area (TPSA) is 54.5 Å². The fraction of sp³-hybridized carbons (Fsp3) is 0.389. The lowest BCUT2D eigenvalue weighted by Gasteiger charge is -2.20. The number of ketones is 1. The number of hydrogen-bond donors (Lipinski definition) is 0. The van der Waals surface area contributed by atoms with Gasteiger partial charge < -0.3 is 0 Å². The molecule has 0 saturated carbocycles. The first-order chi connectivity index (χ1) is 10.7. The van der Waals surface area contributed by atoms with Gasteiger partial charge in [-0.05, 0) is 56.2 Å². The average Bonchev–Trinajstić information content (AvgIpc) is 2.80. The van der Waals surface area contributed by atoms with Crippen LogP contribution in [0.4, 0.5) is 5.69 Å². The third-order valence-corrected chi connectivity index (χ3v) is 4.89. The van der Waals surface area contributed by atoms with Gasteiger partial charge in [0.2, 0.25) is 0 Å². The van der Waals surface area contributed by atoms with E-state index in [0.29, 0.717) is 41.7 Å². The fourth-order valence-corrected chi connectivity index (χ4v) is 3.73. The molecule has 0 radical (unpaired) electrons. The quantitative estimate of drug-likeness (QED) is 0.748. The molecule has 0 saturated heterocycles. The van der Waals surface area contributed by atoms with Crippen LogP contribution in [0.2, 0.25) is 0 Å². The molecule has 0 aromatic heterocycles. The Labute approximate surface area is 128 Å². The van der Waals surface area contributed by atoms with Crippen molar-refractivity contribution < 1.29 is 14.4 Å². The highest BCUT2D eigenvalue weighted by atomic mass is 16.2. The second-order valence-electron chi connectivity index (χ2n) is 6.23. The molecular formula is C18H17NO3. The van der Waals surface area contributed by atoms with Gasteiger partial charge in [-0.2, -0.15) is 0 Å². The van der Waals surface area contributed by atoms with E-state index in [1.54, 1.807) is 12.1 Å². The van der Waals surface area contributed by atoms with Gasteiger partial charge in [0.15, 0.2) is 5.78 Å². The molecule has 4 nitrogen and oxygen atoms in total. The highest BCUT2D eigenvalue weighted by Gasteiger charge is 2.39. The summed E-state index contributed by atoms with van der Waals surface area (Å²) in [6.45, 7) is 0. The van der Waals surface area contributed by atoms with Gasteiger partial charge in [-0.3, -0.25) is 14.4 Å². The van der Waals surface area contributed by atoms with Crippen LogP contribution in [0.3, 0.4) is 0 Å². The number of nitrogens with zero attached hydrogens (tertiary/aromatic N) is 1. The Hall–Kier alpha value is -2.23. The van der Waals surface area contributed by atoms with Crippen LogP contribution in [0.5, 0.6) is 0 Å². The molecule has 1 aliphatic heterocycles. The summed E-state index contributed by atoms with van der Waals surface area (Å²) < 4.78 is 0. The monoisotopic (exact) mass is 295 g/mol. The summed E-state index contributed by atoms with van der Waals surface area (Å²) in [6.07, 6.45) is 5.64. The van der Waals surface area contributed by atoms with Crippen LogP contribution in [-0.2, 0) is 16.0 Å². The van der Waals surface area contributed by atoms with E-state index >= 15 is 0 Å². The van der Waals surface area contributed by atoms with Gasteiger partial charge in [-0.25, -0.2) is 4.90 Å². The van der Waals surface area contributed by atoms with E-state index in [1.807, 2.05) is 6.07 Å². The maximum atomic E-state index is 12.6. The third kappa shape index (κ3) is 1.86. The maximum absolute atomic E-state index is 12.6. The van der Waals surface area contributed by atoms with E-state index in [-0.39, 0.29) is 17.6 Å². The first-order valence-corrected chi connectivity index (χ1v) is 7.94. The van der Waals surface area contributed by atoms with Crippen LogP contribution >= 0.6 is 0 Å². The Morgan fingerprint density at radius 2 is 1.45 bits per heavy atom. The number of hydrogen-bond acceptors (Lipinski definition) is 3. The van der Waals surface area contributed by atoms with Crippen molar-refractivity contribution in [2.75, 3.05) is 4.90 Å². The number of amides is 2. The molecule has 22 heavy (non-hydrogen) atoms. The van der Waals surface area contributed by atoms with E-state index in [2.05, 4.69) is 0 Å². The van der Waals surface area contributed by atoms with E-state index in [0.717, 1.165) is 31.2 Å². The summed E-state index contributed by atoms with van der Waals surface area (Å²) in [7, 11) is 0. The lowest BCUT2D eigenvalue weighted by Crippen LogP contribution is -2.31. The van der Waals surface area contributed by atoms with Gasteiger partial charge in [0, 0.05) is 23.1 Å². The number of fused-ring (bicyclic) bond motifs is 1. The molecule has 1 aromatic rings. The number of benzene rings is 1. The standard InChI is InChI=1S/C18H17NO3/c20-16-7-3-4-11-8-9-12(10-15(11)16)19-17(21)13-5-1-2-6-14(13)18(19)22/h8-10H,1-7H2. The molecule has 0 unspecified atom stereocenters. The Bertz CT molecular complexity index is 717. The number of carbonyl (C=O) groups excluding carboxylic acids is 3. The minimum absolute atomic E-state index is 0.111. The molecule has 112 valence electrons. The predicted octanol–water partition coefficient (Wildman–Crippen LogP) is 2.95. The highest BCUT2D eigenvalue weighted by Crippen LogP contribution is 2.36. The second kappa shape index (κ2) is 4.90. The van der Waals surface area contributed by atoms with Crippen molar-refractivity contribution in [2.24, 2.45) is 0 Å². The zero-order valence-electron chi connectivity index (χ0n) is 12.4. The zero-order valence-corrected chi connectivity index (χ0v) is 12.4. The molecular weight excluding hydrogens is 278 g/mol. The molecule has 4 heteroatoms. The lowest BCUT2D eigenvalue weighted by atomic mass is 9.90. The SMILES string of the molecule is O=C1CCCc2ccc(N3C(=O)C4=C(CCCC4)C3=O)cc21. The first-order valence-electron chi connectivity index (χ1n) is 7.94. The number of Topliss-reactive ketones (excluding diaryl/α,β-unsaturated/α-hetero) is 1. The van der Waals surface area contributed by atoms with Crippen LogP contribution < -0.4 is 4.90 Å². The maximum Gasteiger partial charge on any atom is 0.261 e. The number of imide groups is 1. The van der Waals surface area contributed by atoms with E-state index in [4.69, 9.17) is 0 Å². The van der Waals surface area contributed by atoms with Gasteiger partial charge in [0.25, 0.3) is 11.8 Å². The van der Waals surface area contributed by atoms with Gasteiger partial charge in [-0.1, -0.05) is 6.07 Å². The number of carbonyl (C=O) groups is 3. The predicted molar refractivity (Wildman–Crippen MR) is 81.7 cm³/mol. The molecule has 1 heterocycles. The second-order valence-corrected chi connectivity index (χ2v) is 6.23. The number of rotatable bonds is 1. The van der Waals surface area contributed by atoms with Crippen molar-refractivity contribution in [3.63, 3.8) is 0 Å². The molecule has 0 bridgehead atoms. The minimum atomic E-state index is -0.192. The molecule has 3 aliphatic rings. The van der Waals surface area contributed by atoms with Crippen LogP contribution in [-0.4, -0.2) is 17.6 Å². The van der Waals surface area contributed by atoms with Gasteiger partial charge in [0.05, 0.1) is 5.69 Å². The van der Waals surface area contributed by atoms with Crippen molar-refractivity contribution in [2.45, 2.75) is 44.9 Å². The Morgan fingerprint density at radius 1 is 0.773 bits per heavy atom. The van der Waals surface area contributed by atoms with Crippen LogP contribution in [0, 0.1) is 0 Å². The molecule has 2 aliphatic carbocycles. The number of aryl methyl sites for hydroxylation is 1. The summed E-state index contributed by atoms with van der Waals surface area (Å²) in [5.41, 5.74) is 3.60. The Kier molecular flexibility index (Phi) is 2.99. The Morgan fingerprint density at radius 3 is 2.14 bits per heavy atom. The fourth-order valence-electron chi connectivity index (χ4n) is 3.73. The van der Waals surface area contributed by atoms with Crippen molar-refractivity contribution in [1.29, 1.82) is 0 Å². The van der Waals surface area contributed by atoms with Crippen LogP contribution in [0.1, 0.15) is 54.4 Å². The molecule has 1 aromatic carbocycles. The van der Waals surface area contributed by atoms with Gasteiger partial charge >= 0.3 is 0 Å². The summed E-state index contributed by atoms with van der Waals surface area (Å²) >= 11 is 0. The molecule has 0 atom stereocenters. The summed E-state index contributed by atoms with van der Waals surface area (Å²) in [4.78, 5) is 38.5. The van der Waals surface area contributed by atoms with E-state index in [1.165, 1.54) is 4.90 Å². The van der Waals surface area contributed by atoms with Gasteiger partial charge in [0.1, 0.15) is 0 Å². The molecule has 0 fully saturated rings. The van der Waals surface area contributed by atoms with Crippen molar-refractivity contribution in [1.82, 2.24) is 0 Å². The first kappa shape index (κ1) is 13.4. The summed E-state index contributed by atoms with van der Waals surface area (Å²) in [5, 5.41) is 0. The lowest BCUT2D eigenvalue weighted by molar-refractivity contribution is -0.120. The van der Waals surface area contributed by atoms with Crippen LogP contribution in [0.25, 0.3) is 0 Å². The molecule has 4 rings (SSSR count). The molecule has 0 spiro atoms. The van der Waals surface area contributed by atoms with Crippen molar-refractivity contribution >= 4 is 23.3 Å². The smallest absolute Gasteiger partial charge is 0.261 e.